The molecule has 3 aliphatic rings. The number of benzene rings is 2. The molecule has 2 aromatic carbocycles. The van der Waals surface area contributed by atoms with Gasteiger partial charge in [-0.15, -0.1) is 0 Å². The van der Waals surface area contributed by atoms with Gasteiger partial charge >= 0.3 is 0 Å². The molecule has 0 aromatic heterocycles. The van der Waals surface area contributed by atoms with E-state index in [2.05, 4.69) is 10.6 Å². The second-order valence-electron chi connectivity index (χ2n) is 8.07. The first-order valence-electron chi connectivity index (χ1n) is 9.64. The Morgan fingerprint density at radius 3 is 2.54 bits per heavy atom. The standard InChI is InChI=1S/C22H20Cl2N2O2/c23-14-3-1-2-13(8-14)17-10-20(27)25-11-18(12-4-5-12)22(17)16-7-6-15(24)9-19(16)26-21(22)28/h1-3,6-9,12,17-18H,4-5,10-11H2,(H,25,27)(H,26,28). The minimum absolute atomic E-state index is 0.0253. The molecular weight excluding hydrogens is 395 g/mol. The number of anilines is 1. The Balaban J connectivity index is 1.78. The van der Waals surface area contributed by atoms with Gasteiger partial charge < -0.3 is 10.6 Å². The maximum Gasteiger partial charge on any atom is 0.236 e. The Morgan fingerprint density at radius 1 is 1.00 bits per heavy atom. The van der Waals surface area contributed by atoms with Crippen molar-refractivity contribution < 1.29 is 9.59 Å². The lowest BCUT2D eigenvalue weighted by Gasteiger charge is -2.40. The Morgan fingerprint density at radius 2 is 1.79 bits per heavy atom. The number of carbonyl (C=O) groups excluding carboxylic acids is 2. The molecule has 3 atom stereocenters. The van der Waals surface area contributed by atoms with E-state index in [4.69, 9.17) is 23.2 Å². The summed E-state index contributed by atoms with van der Waals surface area (Å²) in [6.07, 6.45) is 2.42. The lowest BCUT2D eigenvalue weighted by atomic mass is 9.59. The van der Waals surface area contributed by atoms with Crippen molar-refractivity contribution in [2.75, 3.05) is 11.9 Å². The monoisotopic (exact) mass is 414 g/mol. The average molecular weight is 415 g/mol. The van der Waals surface area contributed by atoms with Crippen LogP contribution in [0.4, 0.5) is 5.69 Å². The predicted molar refractivity (Wildman–Crippen MR) is 110 cm³/mol. The Hall–Kier alpha value is -2.04. The topological polar surface area (TPSA) is 58.2 Å². The minimum Gasteiger partial charge on any atom is -0.356 e. The highest BCUT2D eigenvalue weighted by Crippen LogP contribution is 2.59. The molecule has 1 aliphatic carbocycles. The molecule has 2 aliphatic heterocycles. The van der Waals surface area contributed by atoms with Crippen LogP contribution in [0.2, 0.25) is 10.0 Å². The van der Waals surface area contributed by atoms with Crippen molar-refractivity contribution in [2.24, 2.45) is 11.8 Å². The number of amides is 2. The number of hydrogen-bond acceptors (Lipinski definition) is 2. The summed E-state index contributed by atoms with van der Waals surface area (Å²) in [5, 5.41) is 7.33. The zero-order valence-corrected chi connectivity index (χ0v) is 16.7. The van der Waals surface area contributed by atoms with Crippen LogP contribution >= 0.6 is 23.2 Å². The first kappa shape index (κ1) is 18.0. The third kappa shape index (κ3) is 2.66. The van der Waals surface area contributed by atoms with Gasteiger partial charge in [0.15, 0.2) is 0 Å². The molecule has 0 bridgehead atoms. The van der Waals surface area contributed by atoms with Crippen LogP contribution in [-0.2, 0) is 15.0 Å². The first-order valence-corrected chi connectivity index (χ1v) is 10.4. The lowest BCUT2D eigenvalue weighted by Crippen LogP contribution is -2.49. The molecule has 28 heavy (non-hydrogen) atoms. The average Bonchev–Trinajstić information content (AvgIpc) is 3.45. The van der Waals surface area contributed by atoms with Crippen LogP contribution < -0.4 is 10.6 Å². The van der Waals surface area contributed by atoms with E-state index in [9.17, 15) is 9.59 Å². The van der Waals surface area contributed by atoms with E-state index in [0.29, 0.717) is 22.5 Å². The summed E-state index contributed by atoms with van der Waals surface area (Å²) < 4.78 is 0. The molecule has 2 N–H and O–H groups in total. The largest absolute Gasteiger partial charge is 0.356 e. The number of halogens is 2. The van der Waals surface area contributed by atoms with Gasteiger partial charge in [0.1, 0.15) is 0 Å². The summed E-state index contributed by atoms with van der Waals surface area (Å²) in [4.78, 5) is 26.3. The molecule has 0 radical (unpaired) electrons. The third-order valence-electron chi connectivity index (χ3n) is 6.54. The van der Waals surface area contributed by atoms with E-state index in [0.717, 1.165) is 29.7 Å². The van der Waals surface area contributed by atoms with E-state index in [-0.39, 0.29) is 30.1 Å². The Kier molecular flexibility index (Phi) is 4.18. The number of nitrogens with one attached hydrogen (secondary N) is 2. The zero-order chi connectivity index (χ0) is 19.5. The number of rotatable bonds is 2. The summed E-state index contributed by atoms with van der Waals surface area (Å²) in [7, 11) is 0. The van der Waals surface area contributed by atoms with Gasteiger partial charge in [0.25, 0.3) is 0 Å². The molecule has 5 rings (SSSR count). The van der Waals surface area contributed by atoms with Gasteiger partial charge in [0, 0.05) is 34.6 Å². The molecule has 144 valence electrons. The van der Waals surface area contributed by atoms with Crippen molar-refractivity contribution in [1.82, 2.24) is 5.32 Å². The highest BCUT2D eigenvalue weighted by atomic mass is 35.5. The summed E-state index contributed by atoms with van der Waals surface area (Å²) in [5.41, 5.74) is 1.81. The van der Waals surface area contributed by atoms with Crippen LogP contribution in [0.15, 0.2) is 42.5 Å². The molecule has 3 unspecified atom stereocenters. The highest BCUT2D eigenvalue weighted by molar-refractivity contribution is 6.31. The molecule has 1 saturated carbocycles. The van der Waals surface area contributed by atoms with E-state index in [1.54, 1.807) is 0 Å². The molecular formula is C22H20Cl2N2O2. The predicted octanol–water partition coefficient (Wildman–Crippen LogP) is 4.51. The Labute approximate surface area is 173 Å². The van der Waals surface area contributed by atoms with Crippen molar-refractivity contribution in [1.29, 1.82) is 0 Å². The second-order valence-corrected chi connectivity index (χ2v) is 8.95. The molecule has 1 spiro atoms. The normalized spacial score (nSPS) is 29.2. The van der Waals surface area contributed by atoms with Crippen molar-refractivity contribution >= 4 is 40.7 Å². The van der Waals surface area contributed by atoms with E-state index in [1.807, 2.05) is 42.5 Å². The van der Waals surface area contributed by atoms with Crippen LogP contribution in [0.1, 0.15) is 36.3 Å². The van der Waals surface area contributed by atoms with Crippen molar-refractivity contribution in [3.05, 3.63) is 63.6 Å². The van der Waals surface area contributed by atoms with Crippen molar-refractivity contribution in [2.45, 2.75) is 30.6 Å². The lowest BCUT2D eigenvalue weighted by molar-refractivity contribution is -0.124. The molecule has 2 fully saturated rings. The Bertz CT molecular complexity index is 988. The van der Waals surface area contributed by atoms with Gasteiger partial charge in [-0.25, -0.2) is 0 Å². The fourth-order valence-corrected chi connectivity index (χ4v) is 5.62. The molecule has 1 saturated heterocycles. The van der Waals surface area contributed by atoms with E-state index in [1.165, 1.54) is 0 Å². The zero-order valence-electron chi connectivity index (χ0n) is 15.2. The maximum atomic E-state index is 13.7. The number of hydrogen-bond donors (Lipinski definition) is 2. The summed E-state index contributed by atoms with van der Waals surface area (Å²) >= 11 is 12.5. The van der Waals surface area contributed by atoms with Crippen LogP contribution in [-0.4, -0.2) is 18.4 Å². The molecule has 6 heteroatoms. The van der Waals surface area contributed by atoms with Gasteiger partial charge in [-0.05, 0) is 60.1 Å². The van der Waals surface area contributed by atoms with Crippen LogP contribution in [0.25, 0.3) is 0 Å². The molecule has 2 amide bonds. The summed E-state index contributed by atoms with van der Waals surface area (Å²) in [6.45, 7) is 0.510. The first-order chi connectivity index (χ1) is 13.5. The second kappa shape index (κ2) is 6.50. The van der Waals surface area contributed by atoms with Gasteiger partial charge in [-0.2, -0.15) is 0 Å². The fourth-order valence-electron chi connectivity index (χ4n) is 5.25. The van der Waals surface area contributed by atoms with Crippen molar-refractivity contribution in [3.8, 4) is 0 Å². The molecule has 4 nitrogen and oxygen atoms in total. The summed E-state index contributed by atoms with van der Waals surface area (Å²) in [6, 6.07) is 13.2. The van der Waals surface area contributed by atoms with Gasteiger partial charge in [0.2, 0.25) is 11.8 Å². The quantitative estimate of drug-likeness (QED) is 0.758. The van der Waals surface area contributed by atoms with Crippen LogP contribution in [0, 0.1) is 11.8 Å². The fraction of sp³-hybridized carbons (Fsp3) is 0.364. The van der Waals surface area contributed by atoms with E-state index < -0.39 is 5.41 Å². The van der Waals surface area contributed by atoms with Crippen LogP contribution in [0.3, 0.4) is 0 Å². The molecule has 2 heterocycles. The third-order valence-corrected chi connectivity index (χ3v) is 7.01. The van der Waals surface area contributed by atoms with Gasteiger partial charge in [0.05, 0.1) is 5.41 Å². The SMILES string of the molecule is O=C1CC(c2cccc(Cl)c2)C2(C(=O)Nc3cc(Cl)ccc32)C(C2CC2)CN1. The smallest absolute Gasteiger partial charge is 0.236 e. The number of carbonyl (C=O) groups is 2. The maximum absolute atomic E-state index is 13.7. The number of fused-ring (bicyclic) bond motifs is 2. The minimum atomic E-state index is -0.815. The molecule has 2 aromatic rings. The van der Waals surface area contributed by atoms with Crippen molar-refractivity contribution in [3.63, 3.8) is 0 Å². The summed E-state index contributed by atoms with van der Waals surface area (Å²) in [5.74, 6) is 0.102. The van der Waals surface area contributed by atoms with Gasteiger partial charge in [-0.1, -0.05) is 41.4 Å². The van der Waals surface area contributed by atoms with Gasteiger partial charge in [-0.3, -0.25) is 9.59 Å². The van der Waals surface area contributed by atoms with Crippen LogP contribution in [0.5, 0.6) is 0 Å². The van der Waals surface area contributed by atoms with E-state index >= 15 is 0 Å². The highest BCUT2D eigenvalue weighted by Gasteiger charge is 2.61.